The minimum atomic E-state index is -4.24. The number of alkyl halides is 3. The summed E-state index contributed by atoms with van der Waals surface area (Å²) in [7, 11) is 0. The van der Waals surface area contributed by atoms with Gasteiger partial charge in [0.2, 0.25) is 0 Å². The van der Waals surface area contributed by atoms with Crippen LogP contribution >= 0.6 is 11.6 Å². The summed E-state index contributed by atoms with van der Waals surface area (Å²) >= 11 is 6.70. The van der Waals surface area contributed by atoms with Gasteiger partial charge in [-0.1, -0.05) is 29.8 Å². The summed E-state index contributed by atoms with van der Waals surface area (Å²) in [6.07, 6.45) is -2.70. The molecule has 14 heteroatoms. The van der Waals surface area contributed by atoms with Crippen molar-refractivity contribution in [2.45, 2.75) is 50.2 Å². The summed E-state index contributed by atoms with van der Waals surface area (Å²) in [5.41, 5.74) is 4.57. The lowest BCUT2D eigenvalue weighted by molar-refractivity contribution is -0.147. The van der Waals surface area contributed by atoms with Crippen molar-refractivity contribution in [3.05, 3.63) is 65.5 Å². The fourth-order valence-corrected chi connectivity index (χ4v) is 6.03. The Bertz CT molecular complexity index is 1630. The highest BCUT2D eigenvalue weighted by Crippen LogP contribution is 2.34. The number of aliphatic hydroxyl groups is 1. The first-order valence-electron chi connectivity index (χ1n) is 13.4. The molecular formula is C28H26ClF3N6O4. The number of allylic oxidation sites excluding steroid dienone is 1. The van der Waals surface area contributed by atoms with E-state index < -0.39 is 37.1 Å². The van der Waals surface area contributed by atoms with Crippen LogP contribution in [0.15, 0.2) is 49.2 Å². The lowest BCUT2D eigenvalue weighted by Crippen LogP contribution is -2.35. The number of rotatable bonds is 7. The molecule has 6 heterocycles. The van der Waals surface area contributed by atoms with E-state index in [1.807, 2.05) is 28.8 Å². The zero-order chi connectivity index (χ0) is 29.2. The van der Waals surface area contributed by atoms with Gasteiger partial charge in [0.05, 0.1) is 47.4 Å². The van der Waals surface area contributed by atoms with Gasteiger partial charge in [-0.25, -0.2) is 9.67 Å². The van der Waals surface area contributed by atoms with E-state index in [2.05, 4.69) is 16.7 Å². The van der Waals surface area contributed by atoms with Crippen molar-refractivity contribution >= 4 is 22.8 Å². The summed E-state index contributed by atoms with van der Waals surface area (Å²) in [6.45, 7) is 4.12. The molecule has 0 amide bonds. The number of fused-ring (bicyclic) bond motifs is 3. The molecule has 7 rings (SSSR count). The summed E-state index contributed by atoms with van der Waals surface area (Å²) < 4.78 is 59.3. The Morgan fingerprint density at radius 1 is 1.12 bits per heavy atom. The number of aliphatic hydroxyl groups excluding tert-OH is 1. The molecule has 0 bridgehead atoms. The molecule has 220 valence electrons. The summed E-state index contributed by atoms with van der Waals surface area (Å²) in [5.74, 6) is 0. The molecule has 42 heavy (non-hydrogen) atoms. The predicted molar refractivity (Wildman–Crippen MR) is 145 cm³/mol. The van der Waals surface area contributed by atoms with Crippen LogP contribution in [0.25, 0.3) is 28.1 Å². The van der Waals surface area contributed by atoms with Gasteiger partial charge in [-0.15, -0.1) is 6.58 Å². The number of ether oxygens (including phenoxy) is 3. The van der Waals surface area contributed by atoms with E-state index in [9.17, 15) is 18.3 Å². The first kappa shape index (κ1) is 27.3. The number of halogens is 4. The number of hydrogen-bond acceptors (Lipinski definition) is 8. The quantitative estimate of drug-likeness (QED) is 0.318. The van der Waals surface area contributed by atoms with Gasteiger partial charge in [-0.05, 0) is 18.2 Å². The van der Waals surface area contributed by atoms with Crippen molar-refractivity contribution in [1.82, 2.24) is 29.2 Å². The molecule has 0 radical (unpaired) electrons. The molecule has 4 atom stereocenters. The van der Waals surface area contributed by atoms with Crippen LogP contribution in [0.4, 0.5) is 13.2 Å². The van der Waals surface area contributed by atoms with Gasteiger partial charge in [0.1, 0.15) is 18.3 Å². The van der Waals surface area contributed by atoms with Crippen LogP contribution in [-0.2, 0) is 29.1 Å². The van der Waals surface area contributed by atoms with Gasteiger partial charge in [-0.3, -0.25) is 9.47 Å². The summed E-state index contributed by atoms with van der Waals surface area (Å²) in [6, 6.07) is 9.52. The van der Waals surface area contributed by atoms with Gasteiger partial charge in [0.15, 0.2) is 11.8 Å². The van der Waals surface area contributed by atoms with Crippen molar-refractivity contribution in [2.24, 2.45) is 0 Å². The van der Waals surface area contributed by atoms with Crippen LogP contribution in [0.3, 0.4) is 0 Å². The summed E-state index contributed by atoms with van der Waals surface area (Å²) in [4.78, 5) is 10.7. The van der Waals surface area contributed by atoms with Crippen LogP contribution in [0.5, 0.6) is 6.01 Å². The van der Waals surface area contributed by atoms with Crippen molar-refractivity contribution in [3.63, 3.8) is 0 Å². The highest BCUT2D eigenvalue weighted by molar-refractivity contribution is 6.33. The van der Waals surface area contributed by atoms with Crippen molar-refractivity contribution in [1.29, 1.82) is 0 Å². The van der Waals surface area contributed by atoms with E-state index in [1.165, 1.54) is 4.90 Å². The van der Waals surface area contributed by atoms with Crippen molar-refractivity contribution < 1.29 is 32.5 Å². The SMILES string of the molecule is C=CCn1c(O[C@@H]2CO[C@H]3[C@@H]2OC[C@H]3O)nc2nc(-c3ccc(-n4cc5c(n4)CN(CC(F)(F)F)C5)cc3)c(Cl)cc21. The molecule has 0 spiro atoms. The fourth-order valence-electron chi connectivity index (χ4n) is 5.77. The van der Waals surface area contributed by atoms with E-state index in [1.54, 1.807) is 23.0 Å². The van der Waals surface area contributed by atoms with Gasteiger partial charge in [0, 0.05) is 37.0 Å². The Morgan fingerprint density at radius 2 is 1.90 bits per heavy atom. The monoisotopic (exact) mass is 602 g/mol. The van der Waals surface area contributed by atoms with Crippen LogP contribution in [0, 0.1) is 0 Å². The largest absolute Gasteiger partial charge is 0.456 e. The standard InChI is InChI=1S/C28H26ClF3N6O4/c1-2-7-37-20-8-18(29)23(33-26(20)34-27(37)42-22-13-41-24-21(39)12-40-25(22)24)15-3-5-17(6-4-15)38-10-16-9-36(11-19(16)35-38)14-28(30,31)32/h2-6,8,10,21-22,24-25,39H,1,7,9,11-14H2/t21-,22-,24-,25-/m1/s1. The molecule has 1 aromatic carbocycles. The number of aromatic nitrogens is 5. The molecular weight excluding hydrogens is 577 g/mol. The number of pyridine rings is 1. The average Bonchev–Trinajstić information content (AvgIpc) is 3.74. The second-order valence-electron chi connectivity index (χ2n) is 10.6. The first-order valence-corrected chi connectivity index (χ1v) is 13.8. The zero-order valence-corrected chi connectivity index (χ0v) is 22.9. The van der Waals surface area contributed by atoms with E-state index in [-0.39, 0.29) is 26.3 Å². The molecule has 2 saturated heterocycles. The van der Waals surface area contributed by atoms with E-state index in [0.717, 1.165) is 16.8 Å². The Labute approximate surface area is 242 Å². The Hall–Kier alpha value is -3.49. The molecule has 3 aliphatic rings. The average molecular weight is 603 g/mol. The lowest BCUT2D eigenvalue weighted by Gasteiger charge is -2.17. The zero-order valence-electron chi connectivity index (χ0n) is 22.2. The van der Waals surface area contributed by atoms with E-state index >= 15 is 0 Å². The Kier molecular flexibility index (Phi) is 6.74. The van der Waals surface area contributed by atoms with E-state index in [4.69, 9.17) is 30.8 Å². The molecule has 0 unspecified atom stereocenters. The molecule has 10 nitrogen and oxygen atoms in total. The number of benzene rings is 1. The van der Waals surface area contributed by atoms with Crippen LogP contribution in [0.2, 0.25) is 5.02 Å². The Morgan fingerprint density at radius 3 is 2.64 bits per heavy atom. The van der Waals surface area contributed by atoms with Gasteiger partial charge >= 0.3 is 6.18 Å². The van der Waals surface area contributed by atoms with Gasteiger partial charge in [0.25, 0.3) is 6.01 Å². The maximum absolute atomic E-state index is 12.8. The maximum Gasteiger partial charge on any atom is 0.401 e. The summed E-state index contributed by atoms with van der Waals surface area (Å²) in [5, 5.41) is 15.0. The topological polar surface area (TPSA) is 99.7 Å². The van der Waals surface area contributed by atoms with Crippen molar-refractivity contribution in [3.8, 4) is 23.0 Å². The fraction of sp³-hybridized carbons (Fsp3) is 0.393. The lowest BCUT2D eigenvalue weighted by atomic mass is 10.1. The molecule has 0 saturated carbocycles. The van der Waals surface area contributed by atoms with Crippen LogP contribution in [0.1, 0.15) is 11.3 Å². The number of imidazole rings is 1. The number of nitrogens with zero attached hydrogens (tertiary/aromatic N) is 6. The second kappa shape index (κ2) is 10.3. The molecule has 3 aliphatic heterocycles. The normalized spacial score (nSPS) is 23.9. The number of hydrogen-bond donors (Lipinski definition) is 1. The highest BCUT2D eigenvalue weighted by Gasteiger charge is 2.49. The third-order valence-electron chi connectivity index (χ3n) is 7.66. The smallest absolute Gasteiger partial charge is 0.401 e. The minimum absolute atomic E-state index is 0.160. The van der Waals surface area contributed by atoms with E-state index in [0.29, 0.717) is 40.1 Å². The molecule has 3 aromatic heterocycles. The molecule has 1 N–H and O–H groups in total. The molecule has 4 aromatic rings. The van der Waals surface area contributed by atoms with Crippen LogP contribution in [-0.4, -0.2) is 84.7 Å². The van der Waals surface area contributed by atoms with Crippen LogP contribution < -0.4 is 4.74 Å². The molecule has 0 aliphatic carbocycles. The highest BCUT2D eigenvalue weighted by atomic mass is 35.5. The maximum atomic E-state index is 12.8. The van der Waals surface area contributed by atoms with Gasteiger partial charge in [-0.2, -0.15) is 23.3 Å². The third kappa shape index (κ3) is 4.94. The molecule has 2 fully saturated rings. The predicted octanol–water partition coefficient (Wildman–Crippen LogP) is 3.91. The Balaban J connectivity index is 1.13. The minimum Gasteiger partial charge on any atom is -0.456 e. The second-order valence-corrected chi connectivity index (χ2v) is 11.0. The first-order chi connectivity index (χ1) is 20.2. The third-order valence-corrected chi connectivity index (χ3v) is 7.95. The van der Waals surface area contributed by atoms with Crippen molar-refractivity contribution in [2.75, 3.05) is 19.8 Å². The van der Waals surface area contributed by atoms with Gasteiger partial charge < -0.3 is 19.3 Å².